The van der Waals surface area contributed by atoms with Crippen LogP contribution in [0.1, 0.15) is 0 Å². The SMILES string of the molecule is Oc1ccc(N=Nc2ccc(N=Nc3c(O)cc(O)cc3O)cc2)cc1. The van der Waals surface area contributed by atoms with Crippen molar-refractivity contribution >= 4 is 22.7 Å². The topological polar surface area (TPSA) is 130 Å². The zero-order chi connectivity index (χ0) is 18.5. The van der Waals surface area contributed by atoms with Crippen molar-refractivity contribution in [3.05, 3.63) is 60.7 Å². The Kier molecular flexibility index (Phi) is 4.75. The maximum absolute atomic E-state index is 9.67. The van der Waals surface area contributed by atoms with Crippen molar-refractivity contribution in [3.8, 4) is 23.0 Å². The minimum atomic E-state index is -0.384. The molecule has 3 aromatic carbocycles. The van der Waals surface area contributed by atoms with E-state index < -0.39 is 0 Å². The molecule has 0 saturated heterocycles. The molecule has 3 aromatic rings. The number of hydrogen-bond donors (Lipinski definition) is 4. The monoisotopic (exact) mass is 350 g/mol. The van der Waals surface area contributed by atoms with Gasteiger partial charge < -0.3 is 20.4 Å². The summed E-state index contributed by atoms with van der Waals surface area (Å²) in [6.07, 6.45) is 0. The van der Waals surface area contributed by atoms with E-state index in [1.807, 2.05) is 0 Å². The van der Waals surface area contributed by atoms with Crippen LogP contribution in [-0.4, -0.2) is 20.4 Å². The summed E-state index contributed by atoms with van der Waals surface area (Å²) in [5.74, 6) is -0.886. The van der Waals surface area contributed by atoms with E-state index in [4.69, 9.17) is 0 Å². The second-order valence-electron chi connectivity index (χ2n) is 5.27. The molecule has 8 nitrogen and oxygen atoms in total. The minimum Gasteiger partial charge on any atom is -0.508 e. The lowest BCUT2D eigenvalue weighted by Gasteiger charge is -2.02. The summed E-state index contributed by atoms with van der Waals surface area (Å²) in [4.78, 5) is 0. The van der Waals surface area contributed by atoms with Crippen molar-refractivity contribution in [2.45, 2.75) is 0 Å². The highest BCUT2D eigenvalue weighted by atomic mass is 16.3. The number of phenols is 4. The van der Waals surface area contributed by atoms with Crippen LogP contribution in [-0.2, 0) is 0 Å². The van der Waals surface area contributed by atoms with Crippen LogP contribution in [0.4, 0.5) is 22.7 Å². The lowest BCUT2D eigenvalue weighted by Crippen LogP contribution is -1.72. The Morgan fingerprint density at radius 3 is 1.31 bits per heavy atom. The molecular formula is C18H14N4O4. The fraction of sp³-hybridized carbons (Fsp3) is 0. The van der Waals surface area contributed by atoms with Crippen LogP contribution in [0.5, 0.6) is 23.0 Å². The van der Waals surface area contributed by atoms with E-state index in [2.05, 4.69) is 20.5 Å². The van der Waals surface area contributed by atoms with Gasteiger partial charge in [-0.05, 0) is 48.5 Å². The lowest BCUT2D eigenvalue weighted by atomic mass is 10.2. The van der Waals surface area contributed by atoms with Gasteiger partial charge in [-0.2, -0.15) is 15.3 Å². The molecule has 0 aromatic heterocycles. The predicted molar refractivity (Wildman–Crippen MR) is 94.3 cm³/mol. The average Bonchev–Trinajstić information content (AvgIpc) is 2.61. The first-order valence-electron chi connectivity index (χ1n) is 7.49. The summed E-state index contributed by atoms with van der Waals surface area (Å²) < 4.78 is 0. The molecule has 3 rings (SSSR count). The zero-order valence-electron chi connectivity index (χ0n) is 13.4. The fourth-order valence-electron chi connectivity index (χ4n) is 2.02. The Morgan fingerprint density at radius 2 is 0.846 bits per heavy atom. The maximum atomic E-state index is 9.67. The molecule has 0 heterocycles. The number of hydrogen-bond acceptors (Lipinski definition) is 8. The molecule has 0 saturated carbocycles. The van der Waals surface area contributed by atoms with E-state index in [0.29, 0.717) is 17.1 Å². The molecule has 0 atom stereocenters. The van der Waals surface area contributed by atoms with Crippen molar-refractivity contribution in [1.29, 1.82) is 0 Å². The van der Waals surface area contributed by atoms with Crippen LogP contribution in [0.25, 0.3) is 0 Å². The third kappa shape index (κ3) is 4.12. The van der Waals surface area contributed by atoms with Gasteiger partial charge in [0, 0.05) is 12.1 Å². The third-order valence-electron chi connectivity index (χ3n) is 3.30. The van der Waals surface area contributed by atoms with Gasteiger partial charge in [-0.3, -0.25) is 0 Å². The number of azo groups is 2. The highest BCUT2D eigenvalue weighted by Gasteiger charge is 2.08. The van der Waals surface area contributed by atoms with Crippen LogP contribution in [0.3, 0.4) is 0 Å². The summed E-state index contributed by atoms with van der Waals surface area (Å²) in [7, 11) is 0. The van der Waals surface area contributed by atoms with Gasteiger partial charge in [0.1, 0.15) is 11.5 Å². The first kappa shape index (κ1) is 16.9. The highest BCUT2D eigenvalue weighted by Crippen LogP contribution is 2.40. The van der Waals surface area contributed by atoms with Crippen molar-refractivity contribution in [3.63, 3.8) is 0 Å². The quantitative estimate of drug-likeness (QED) is 0.473. The predicted octanol–water partition coefficient (Wildman–Crippen LogP) is 5.34. The summed E-state index contributed by atoms with van der Waals surface area (Å²) in [6.45, 7) is 0. The van der Waals surface area contributed by atoms with E-state index in [0.717, 1.165) is 12.1 Å². The van der Waals surface area contributed by atoms with Gasteiger partial charge in [0.15, 0.2) is 17.2 Å². The molecule has 0 unspecified atom stereocenters. The largest absolute Gasteiger partial charge is 0.508 e. The molecule has 4 N–H and O–H groups in total. The summed E-state index contributed by atoms with van der Waals surface area (Å²) in [5, 5.41) is 53.6. The first-order chi connectivity index (χ1) is 12.5. The van der Waals surface area contributed by atoms with Crippen LogP contribution in [0, 0.1) is 0 Å². The van der Waals surface area contributed by atoms with Gasteiger partial charge in [-0.15, -0.1) is 5.11 Å². The Bertz CT molecular complexity index is 944. The molecule has 0 spiro atoms. The van der Waals surface area contributed by atoms with Gasteiger partial charge >= 0.3 is 0 Å². The maximum Gasteiger partial charge on any atom is 0.169 e. The third-order valence-corrected chi connectivity index (χ3v) is 3.30. The standard InChI is InChI=1S/C18H14N4O4/c23-14-7-5-13(6-8-14)20-19-11-1-3-12(4-2-11)21-22-18-16(25)9-15(24)10-17(18)26/h1-10,23-26H. The molecule has 0 aliphatic carbocycles. The summed E-state index contributed by atoms with van der Waals surface area (Å²) in [6, 6.07) is 15.1. The Morgan fingerprint density at radius 1 is 0.462 bits per heavy atom. The Hall–Kier alpha value is -3.94. The normalized spacial score (nSPS) is 11.4. The number of rotatable bonds is 4. The molecule has 0 aliphatic heterocycles. The molecule has 0 amide bonds. The number of nitrogens with zero attached hydrogens (tertiary/aromatic N) is 4. The molecule has 0 aliphatic rings. The van der Waals surface area contributed by atoms with Gasteiger partial charge in [0.2, 0.25) is 0 Å². The summed E-state index contributed by atoms with van der Waals surface area (Å²) in [5.41, 5.74) is 1.52. The lowest BCUT2D eigenvalue weighted by molar-refractivity contribution is 0.429. The van der Waals surface area contributed by atoms with Crippen molar-refractivity contribution in [1.82, 2.24) is 0 Å². The number of aromatic hydroxyl groups is 4. The zero-order valence-corrected chi connectivity index (χ0v) is 13.4. The van der Waals surface area contributed by atoms with Crippen molar-refractivity contribution in [2.24, 2.45) is 20.5 Å². The second kappa shape index (κ2) is 7.31. The molecule has 8 heteroatoms. The highest BCUT2D eigenvalue weighted by molar-refractivity contribution is 5.63. The molecule has 0 bridgehead atoms. The first-order valence-corrected chi connectivity index (χ1v) is 7.49. The van der Waals surface area contributed by atoms with Gasteiger partial charge in [0.25, 0.3) is 0 Å². The van der Waals surface area contributed by atoms with E-state index in [-0.39, 0.29) is 28.7 Å². The van der Waals surface area contributed by atoms with E-state index in [1.54, 1.807) is 36.4 Å². The molecule has 26 heavy (non-hydrogen) atoms. The van der Waals surface area contributed by atoms with E-state index >= 15 is 0 Å². The van der Waals surface area contributed by atoms with Crippen LogP contribution >= 0.6 is 0 Å². The van der Waals surface area contributed by atoms with Gasteiger partial charge in [-0.25, -0.2) is 0 Å². The smallest absolute Gasteiger partial charge is 0.169 e. The molecule has 0 radical (unpaired) electrons. The summed E-state index contributed by atoms with van der Waals surface area (Å²) >= 11 is 0. The Labute approximate surface area is 148 Å². The molecule has 130 valence electrons. The van der Waals surface area contributed by atoms with Gasteiger partial charge in [-0.1, -0.05) is 0 Å². The van der Waals surface area contributed by atoms with E-state index in [1.165, 1.54) is 12.1 Å². The van der Waals surface area contributed by atoms with Crippen LogP contribution in [0.15, 0.2) is 81.1 Å². The second-order valence-corrected chi connectivity index (χ2v) is 5.27. The molecule has 0 fully saturated rings. The molecular weight excluding hydrogens is 336 g/mol. The number of phenolic OH excluding ortho intramolecular Hbond substituents is 4. The minimum absolute atomic E-state index is 0.140. The van der Waals surface area contributed by atoms with Crippen LogP contribution in [0.2, 0.25) is 0 Å². The van der Waals surface area contributed by atoms with Crippen molar-refractivity contribution in [2.75, 3.05) is 0 Å². The fourth-order valence-corrected chi connectivity index (χ4v) is 2.02. The van der Waals surface area contributed by atoms with Crippen molar-refractivity contribution < 1.29 is 20.4 Å². The Balaban J connectivity index is 1.73. The number of benzene rings is 3. The van der Waals surface area contributed by atoms with Crippen LogP contribution < -0.4 is 0 Å². The average molecular weight is 350 g/mol. The van der Waals surface area contributed by atoms with E-state index in [9.17, 15) is 20.4 Å². The van der Waals surface area contributed by atoms with Gasteiger partial charge in [0.05, 0.1) is 17.1 Å².